The highest BCUT2D eigenvalue weighted by Gasteiger charge is 2.46. The Hall–Kier alpha value is -3.63. The topological polar surface area (TPSA) is 95.9 Å². The van der Waals surface area contributed by atoms with Crippen LogP contribution in [0.4, 0.5) is 5.69 Å². The number of anilines is 1. The highest BCUT2D eigenvalue weighted by Crippen LogP contribution is 2.44. The fourth-order valence-corrected chi connectivity index (χ4v) is 8.98. The minimum Gasteiger partial charge on any atom is -0.392 e. The number of rotatable bonds is 11. The molecule has 1 saturated carbocycles. The van der Waals surface area contributed by atoms with Gasteiger partial charge in [0.05, 0.1) is 17.5 Å². The van der Waals surface area contributed by atoms with Crippen LogP contribution in [0.3, 0.4) is 0 Å². The Balaban J connectivity index is 1.14. The second-order valence-corrected chi connectivity index (χ2v) is 15.2. The minimum atomic E-state index is -1.49. The monoisotopic (exact) mass is 728 g/mol. The number of benzene rings is 4. The van der Waals surface area contributed by atoms with Crippen molar-refractivity contribution in [2.45, 2.75) is 74.7 Å². The Kier molecular flexibility index (Phi) is 11.2. The van der Waals surface area contributed by atoms with Crippen molar-refractivity contribution in [1.82, 2.24) is 4.90 Å². The molecule has 7 nitrogen and oxygen atoms in total. The standard InChI is InChI=1S/C39H41BrN2O5S/c40-32-16-17-34(31(24-32)26-43)41-38(45)35-20-23-39(47-35)21-18-33(19-22-39)42(25-28-10-4-1-5-11-28)36(44)27-48(46)37(29-12-6-2-7-13-29)30-14-8-3-9-15-30/h1-17,24,33,35,37,43H,18-23,25-27H2,(H,41,45). The first-order valence-corrected chi connectivity index (χ1v) is 18.7. The van der Waals surface area contributed by atoms with Crippen LogP contribution in [-0.4, -0.2) is 49.5 Å². The van der Waals surface area contributed by atoms with Gasteiger partial charge in [-0.3, -0.25) is 13.8 Å². The summed E-state index contributed by atoms with van der Waals surface area (Å²) in [6.45, 7) is 0.263. The van der Waals surface area contributed by atoms with Crippen molar-refractivity contribution < 1.29 is 23.6 Å². The summed E-state index contributed by atoms with van der Waals surface area (Å²) in [4.78, 5) is 29.3. The molecule has 0 aromatic heterocycles. The van der Waals surface area contributed by atoms with Crippen LogP contribution in [0.2, 0.25) is 0 Å². The Bertz CT molecular complexity index is 1680. The third-order valence-corrected chi connectivity index (χ3v) is 11.7. The maximum Gasteiger partial charge on any atom is 0.253 e. The van der Waals surface area contributed by atoms with Crippen LogP contribution in [0.1, 0.15) is 66.0 Å². The van der Waals surface area contributed by atoms with Gasteiger partial charge in [-0.05, 0) is 73.4 Å². The normalized spacial score (nSPS) is 21.2. The van der Waals surface area contributed by atoms with E-state index in [9.17, 15) is 18.9 Å². The summed E-state index contributed by atoms with van der Waals surface area (Å²) >= 11 is 3.41. The molecule has 9 heteroatoms. The highest BCUT2D eigenvalue weighted by molar-refractivity contribution is 9.10. The summed E-state index contributed by atoms with van der Waals surface area (Å²) in [5.74, 6) is -0.400. The van der Waals surface area contributed by atoms with E-state index in [1.807, 2.05) is 102 Å². The van der Waals surface area contributed by atoms with Crippen LogP contribution >= 0.6 is 15.9 Å². The first-order chi connectivity index (χ1) is 23.3. The molecule has 0 radical (unpaired) electrons. The zero-order chi connectivity index (χ0) is 33.5. The lowest BCUT2D eigenvalue weighted by Gasteiger charge is -2.41. The third kappa shape index (κ3) is 8.14. The predicted octanol–water partition coefficient (Wildman–Crippen LogP) is 7.31. The number of hydrogen-bond donors (Lipinski definition) is 2. The number of amides is 2. The van der Waals surface area contributed by atoms with E-state index in [4.69, 9.17) is 4.74 Å². The molecular formula is C39H41BrN2O5S. The fourth-order valence-electron chi connectivity index (χ4n) is 7.08. The van der Waals surface area contributed by atoms with Gasteiger partial charge in [0.2, 0.25) is 5.91 Å². The van der Waals surface area contributed by atoms with Gasteiger partial charge < -0.3 is 20.1 Å². The summed E-state index contributed by atoms with van der Waals surface area (Å²) in [6, 6.07) is 34.9. The molecule has 1 aliphatic heterocycles. The zero-order valence-electron chi connectivity index (χ0n) is 26.8. The van der Waals surface area contributed by atoms with Crippen molar-refractivity contribution >= 4 is 44.2 Å². The molecule has 1 aliphatic carbocycles. The van der Waals surface area contributed by atoms with E-state index in [2.05, 4.69) is 21.2 Å². The van der Waals surface area contributed by atoms with E-state index < -0.39 is 27.8 Å². The Morgan fingerprint density at radius 3 is 2.06 bits per heavy atom. The lowest BCUT2D eigenvalue weighted by molar-refractivity contribution is -0.139. The molecule has 2 atom stereocenters. The molecule has 4 aromatic rings. The SMILES string of the molecule is O=C(Nc1ccc(Br)cc1CO)C1CCC2(CCC(N(Cc3ccccc3)C(=O)CS(=O)C(c3ccccc3)c3ccccc3)CC2)O1. The predicted molar refractivity (Wildman–Crippen MR) is 193 cm³/mol. The number of halogens is 1. The molecule has 2 aliphatic rings. The average Bonchev–Trinajstić information content (AvgIpc) is 3.53. The highest BCUT2D eigenvalue weighted by atomic mass is 79.9. The lowest BCUT2D eigenvalue weighted by atomic mass is 9.79. The number of aliphatic hydroxyl groups excluding tert-OH is 1. The van der Waals surface area contributed by atoms with Crippen LogP contribution in [-0.2, 0) is 38.3 Å². The molecule has 250 valence electrons. The van der Waals surface area contributed by atoms with Gasteiger partial charge in [0.15, 0.2) is 0 Å². The second-order valence-electron chi connectivity index (χ2n) is 12.7. The van der Waals surface area contributed by atoms with Gasteiger partial charge in [-0.15, -0.1) is 0 Å². The quantitative estimate of drug-likeness (QED) is 0.169. The lowest BCUT2D eigenvalue weighted by Crippen LogP contribution is -2.47. The number of aliphatic hydroxyl groups is 1. The molecule has 4 aromatic carbocycles. The third-order valence-electron chi connectivity index (χ3n) is 9.60. The van der Waals surface area contributed by atoms with Crippen LogP contribution < -0.4 is 5.32 Å². The van der Waals surface area contributed by atoms with Crippen LogP contribution in [0.5, 0.6) is 0 Å². The van der Waals surface area contributed by atoms with Crippen molar-refractivity contribution in [2.75, 3.05) is 11.1 Å². The van der Waals surface area contributed by atoms with E-state index >= 15 is 0 Å². The molecule has 2 unspecified atom stereocenters. The number of nitrogens with one attached hydrogen (secondary N) is 1. The van der Waals surface area contributed by atoms with Crippen molar-refractivity contribution in [2.24, 2.45) is 0 Å². The van der Waals surface area contributed by atoms with Crippen LogP contribution in [0.25, 0.3) is 0 Å². The summed E-state index contributed by atoms with van der Waals surface area (Å²) in [6.07, 6.45) is 3.77. The molecule has 2 amide bonds. The van der Waals surface area contributed by atoms with Gasteiger partial charge >= 0.3 is 0 Å². The van der Waals surface area contributed by atoms with E-state index in [0.29, 0.717) is 24.2 Å². The van der Waals surface area contributed by atoms with Gasteiger partial charge in [0, 0.05) is 39.1 Å². The Morgan fingerprint density at radius 2 is 1.46 bits per heavy atom. The van der Waals surface area contributed by atoms with E-state index in [0.717, 1.165) is 53.3 Å². The molecule has 0 bridgehead atoms. The van der Waals surface area contributed by atoms with Gasteiger partial charge in [0.1, 0.15) is 11.9 Å². The van der Waals surface area contributed by atoms with Gasteiger partial charge in [-0.25, -0.2) is 0 Å². The summed E-state index contributed by atoms with van der Waals surface area (Å²) in [5, 5.41) is 12.3. The number of hydrogen-bond acceptors (Lipinski definition) is 5. The molecular weight excluding hydrogens is 688 g/mol. The van der Waals surface area contributed by atoms with Crippen molar-refractivity contribution in [3.05, 3.63) is 136 Å². The largest absolute Gasteiger partial charge is 0.392 e. The molecule has 1 spiro atoms. The molecule has 48 heavy (non-hydrogen) atoms. The summed E-state index contributed by atoms with van der Waals surface area (Å²) in [7, 11) is -1.49. The van der Waals surface area contributed by atoms with Crippen molar-refractivity contribution in [3.8, 4) is 0 Å². The second kappa shape index (κ2) is 15.7. The number of nitrogens with zero attached hydrogens (tertiary/aromatic N) is 1. The summed E-state index contributed by atoms with van der Waals surface area (Å²) in [5.41, 5.74) is 3.68. The smallest absolute Gasteiger partial charge is 0.253 e. The first-order valence-electron chi connectivity index (χ1n) is 16.5. The number of carbonyl (C=O) groups is 2. The fraction of sp³-hybridized carbons (Fsp3) is 0.333. The maximum atomic E-state index is 14.2. The van der Waals surface area contributed by atoms with Gasteiger partial charge in [0.25, 0.3) is 5.91 Å². The summed E-state index contributed by atoms with van der Waals surface area (Å²) < 4.78 is 21.4. The van der Waals surface area contributed by atoms with Gasteiger partial charge in [-0.2, -0.15) is 0 Å². The van der Waals surface area contributed by atoms with Gasteiger partial charge in [-0.1, -0.05) is 107 Å². The van der Waals surface area contributed by atoms with E-state index in [-0.39, 0.29) is 30.2 Å². The van der Waals surface area contributed by atoms with Crippen molar-refractivity contribution in [1.29, 1.82) is 0 Å². The molecule has 6 rings (SSSR count). The van der Waals surface area contributed by atoms with Crippen LogP contribution in [0, 0.1) is 0 Å². The average molecular weight is 730 g/mol. The van der Waals surface area contributed by atoms with E-state index in [1.54, 1.807) is 12.1 Å². The van der Waals surface area contributed by atoms with E-state index in [1.165, 1.54) is 0 Å². The molecule has 2 fully saturated rings. The maximum absolute atomic E-state index is 14.2. The Labute approximate surface area is 293 Å². The van der Waals surface area contributed by atoms with Crippen LogP contribution in [0.15, 0.2) is 114 Å². The molecule has 1 heterocycles. The van der Waals surface area contributed by atoms with Crippen molar-refractivity contribution in [3.63, 3.8) is 0 Å². The molecule has 1 saturated heterocycles. The zero-order valence-corrected chi connectivity index (χ0v) is 29.2. The number of ether oxygens (including phenoxy) is 1. The minimum absolute atomic E-state index is 0.0291. The number of carbonyl (C=O) groups excluding carboxylic acids is 2. The first kappa shape index (κ1) is 34.2. The Morgan fingerprint density at radius 1 is 0.875 bits per heavy atom. The molecule has 2 N–H and O–H groups in total.